The molecule has 0 aliphatic rings. The van der Waals surface area contributed by atoms with Crippen LogP contribution in [-0.4, -0.2) is 46.3 Å². The third-order valence-corrected chi connectivity index (χ3v) is 3.39. The van der Waals surface area contributed by atoms with Crippen LogP contribution in [0.25, 0.3) is 6.08 Å². The van der Waals surface area contributed by atoms with Crippen LogP contribution >= 0.6 is 0 Å². The minimum Gasteiger partial charge on any atom is -0.468 e. The first-order valence-corrected chi connectivity index (χ1v) is 6.83. The van der Waals surface area contributed by atoms with Gasteiger partial charge in [0.05, 0.1) is 12.8 Å². The van der Waals surface area contributed by atoms with E-state index in [-0.39, 0.29) is 18.5 Å². The number of amides is 1. The molecule has 1 aromatic heterocycles. The summed E-state index contributed by atoms with van der Waals surface area (Å²) >= 11 is 0. The van der Waals surface area contributed by atoms with Crippen LogP contribution in [0.2, 0.25) is 0 Å². The molecular weight excluding hydrogens is 270 g/mol. The Hall–Kier alpha value is -2.11. The van der Waals surface area contributed by atoms with Gasteiger partial charge in [0.15, 0.2) is 0 Å². The van der Waals surface area contributed by atoms with Crippen molar-refractivity contribution < 1.29 is 14.3 Å². The van der Waals surface area contributed by atoms with E-state index >= 15 is 0 Å². The minimum atomic E-state index is -0.431. The first kappa shape index (κ1) is 16.9. The van der Waals surface area contributed by atoms with Gasteiger partial charge in [-0.15, -0.1) is 0 Å². The van der Waals surface area contributed by atoms with Gasteiger partial charge in [-0.1, -0.05) is 0 Å². The number of ether oxygens (including phenoxy) is 1. The molecule has 0 saturated heterocycles. The zero-order valence-corrected chi connectivity index (χ0v) is 13.5. The summed E-state index contributed by atoms with van der Waals surface area (Å²) in [5.74, 6) is -0.655. The average Bonchev–Trinajstić information content (AvgIpc) is 2.66. The molecule has 0 bridgehead atoms. The van der Waals surface area contributed by atoms with Gasteiger partial charge in [-0.2, -0.15) is 5.10 Å². The number of nitrogens with zero attached hydrogens (tertiary/aromatic N) is 3. The summed E-state index contributed by atoms with van der Waals surface area (Å²) in [5.41, 5.74) is 2.77. The van der Waals surface area contributed by atoms with E-state index < -0.39 is 5.97 Å². The summed E-state index contributed by atoms with van der Waals surface area (Å²) in [7, 11) is 3.17. The van der Waals surface area contributed by atoms with Gasteiger partial charge < -0.3 is 9.64 Å². The average molecular weight is 293 g/mol. The SMILES string of the molecule is COC(=O)CN(C(=O)C=Cc1c(C)nn(C)c1C)C(C)C. The molecule has 0 radical (unpaired) electrons. The zero-order valence-electron chi connectivity index (χ0n) is 13.5. The van der Waals surface area contributed by atoms with Crippen molar-refractivity contribution in [1.29, 1.82) is 0 Å². The van der Waals surface area contributed by atoms with Crippen molar-refractivity contribution in [1.82, 2.24) is 14.7 Å². The van der Waals surface area contributed by atoms with E-state index in [0.29, 0.717) is 0 Å². The quantitative estimate of drug-likeness (QED) is 0.609. The molecule has 1 rings (SSSR count). The second-order valence-electron chi connectivity index (χ2n) is 5.18. The number of hydrogen-bond donors (Lipinski definition) is 0. The first-order chi connectivity index (χ1) is 9.77. The molecule has 0 aromatic carbocycles. The van der Waals surface area contributed by atoms with E-state index in [4.69, 9.17) is 0 Å². The summed E-state index contributed by atoms with van der Waals surface area (Å²) in [6.45, 7) is 7.50. The Kier molecular flexibility index (Phi) is 5.69. The summed E-state index contributed by atoms with van der Waals surface area (Å²) in [6, 6.07) is -0.0858. The highest BCUT2D eigenvalue weighted by Crippen LogP contribution is 2.14. The highest BCUT2D eigenvalue weighted by atomic mass is 16.5. The van der Waals surface area contributed by atoms with Crippen molar-refractivity contribution in [3.8, 4) is 0 Å². The zero-order chi connectivity index (χ0) is 16.2. The fourth-order valence-corrected chi connectivity index (χ4v) is 2.00. The molecular formula is C15H23N3O3. The van der Waals surface area contributed by atoms with Crippen molar-refractivity contribution in [2.75, 3.05) is 13.7 Å². The highest BCUT2D eigenvalue weighted by Gasteiger charge is 2.18. The van der Waals surface area contributed by atoms with Gasteiger partial charge >= 0.3 is 5.97 Å². The number of aromatic nitrogens is 2. The summed E-state index contributed by atoms with van der Waals surface area (Å²) in [4.78, 5) is 25.1. The lowest BCUT2D eigenvalue weighted by Crippen LogP contribution is -2.40. The van der Waals surface area contributed by atoms with E-state index in [1.165, 1.54) is 18.1 Å². The number of esters is 1. The Morgan fingerprint density at radius 3 is 2.43 bits per heavy atom. The van der Waals surface area contributed by atoms with Gasteiger partial charge in [0.2, 0.25) is 5.91 Å². The van der Waals surface area contributed by atoms with Crippen LogP contribution < -0.4 is 0 Å². The molecule has 1 heterocycles. The number of methoxy groups -OCH3 is 1. The van der Waals surface area contributed by atoms with Gasteiger partial charge in [0.1, 0.15) is 6.54 Å². The van der Waals surface area contributed by atoms with Gasteiger partial charge in [-0.25, -0.2) is 0 Å². The monoisotopic (exact) mass is 293 g/mol. The molecule has 0 aliphatic heterocycles. The van der Waals surface area contributed by atoms with E-state index in [0.717, 1.165) is 17.0 Å². The molecule has 6 nitrogen and oxygen atoms in total. The van der Waals surface area contributed by atoms with Crippen molar-refractivity contribution in [3.63, 3.8) is 0 Å². The van der Waals surface area contributed by atoms with Crippen LogP contribution in [0.5, 0.6) is 0 Å². The molecule has 21 heavy (non-hydrogen) atoms. The largest absolute Gasteiger partial charge is 0.468 e. The summed E-state index contributed by atoms with van der Waals surface area (Å²) in [6.07, 6.45) is 3.21. The molecule has 0 spiro atoms. The Balaban J connectivity index is 2.91. The minimum absolute atomic E-state index is 0.0532. The van der Waals surface area contributed by atoms with Gasteiger partial charge in [0, 0.05) is 30.4 Å². The third-order valence-electron chi connectivity index (χ3n) is 3.39. The van der Waals surface area contributed by atoms with Gasteiger partial charge in [-0.05, 0) is 33.8 Å². The molecule has 6 heteroatoms. The lowest BCUT2D eigenvalue weighted by atomic mass is 10.2. The van der Waals surface area contributed by atoms with E-state index in [2.05, 4.69) is 9.84 Å². The van der Waals surface area contributed by atoms with Crippen molar-refractivity contribution in [3.05, 3.63) is 23.0 Å². The molecule has 0 saturated carbocycles. The van der Waals surface area contributed by atoms with Crippen LogP contribution in [0, 0.1) is 13.8 Å². The molecule has 0 unspecified atom stereocenters. The first-order valence-electron chi connectivity index (χ1n) is 6.83. The van der Waals surface area contributed by atoms with E-state index in [1.807, 2.05) is 34.7 Å². The number of aryl methyl sites for hydroxylation is 2. The molecule has 116 valence electrons. The second kappa shape index (κ2) is 7.06. The Labute approximate surface area is 125 Å². The number of hydrogen-bond acceptors (Lipinski definition) is 4. The third kappa shape index (κ3) is 4.18. The van der Waals surface area contributed by atoms with Gasteiger partial charge in [0.25, 0.3) is 0 Å². The fourth-order valence-electron chi connectivity index (χ4n) is 2.00. The Morgan fingerprint density at radius 1 is 1.38 bits per heavy atom. The number of carbonyl (C=O) groups excluding carboxylic acids is 2. The molecule has 1 amide bonds. The molecule has 0 fully saturated rings. The Morgan fingerprint density at radius 2 is 2.00 bits per heavy atom. The van der Waals surface area contributed by atoms with Gasteiger partial charge in [-0.3, -0.25) is 14.3 Å². The van der Waals surface area contributed by atoms with Crippen LogP contribution in [0.1, 0.15) is 30.8 Å². The van der Waals surface area contributed by atoms with Crippen molar-refractivity contribution >= 4 is 18.0 Å². The molecule has 0 aliphatic carbocycles. The summed E-state index contributed by atoms with van der Waals surface area (Å²) in [5, 5.41) is 4.30. The van der Waals surface area contributed by atoms with E-state index in [9.17, 15) is 9.59 Å². The molecule has 0 N–H and O–H groups in total. The summed E-state index contributed by atoms with van der Waals surface area (Å²) < 4.78 is 6.39. The van der Waals surface area contributed by atoms with Crippen LogP contribution in [0.15, 0.2) is 6.08 Å². The highest BCUT2D eigenvalue weighted by molar-refractivity contribution is 5.94. The fraction of sp³-hybridized carbons (Fsp3) is 0.533. The molecule has 0 atom stereocenters. The van der Waals surface area contributed by atoms with Crippen molar-refractivity contribution in [2.45, 2.75) is 33.7 Å². The van der Waals surface area contributed by atoms with Crippen LogP contribution in [0.4, 0.5) is 0 Å². The lowest BCUT2D eigenvalue weighted by Gasteiger charge is -2.24. The maximum absolute atomic E-state index is 12.2. The number of rotatable bonds is 5. The van der Waals surface area contributed by atoms with Crippen LogP contribution in [0.3, 0.4) is 0 Å². The standard InChI is InChI=1S/C15H23N3O3/c1-10(2)18(9-15(20)21-6)14(19)8-7-13-11(3)16-17(5)12(13)4/h7-8,10H,9H2,1-6H3. The topological polar surface area (TPSA) is 64.4 Å². The maximum atomic E-state index is 12.2. The van der Waals surface area contributed by atoms with Crippen molar-refractivity contribution in [2.24, 2.45) is 7.05 Å². The normalized spacial score (nSPS) is 11.2. The smallest absolute Gasteiger partial charge is 0.325 e. The maximum Gasteiger partial charge on any atom is 0.325 e. The van der Waals surface area contributed by atoms with E-state index in [1.54, 1.807) is 10.8 Å². The second-order valence-corrected chi connectivity index (χ2v) is 5.18. The number of carbonyl (C=O) groups is 2. The lowest BCUT2D eigenvalue weighted by molar-refractivity contribution is -0.146. The molecule has 1 aromatic rings. The predicted octanol–water partition coefficient (Wildman–Crippen LogP) is 1.46. The predicted molar refractivity (Wildman–Crippen MR) is 80.6 cm³/mol. The Bertz CT molecular complexity index is 559. The van der Waals surface area contributed by atoms with Crippen LogP contribution in [-0.2, 0) is 21.4 Å².